The number of nitriles is 1. The number of hydrogen-bond donors (Lipinski definition) is 1. The second-order valence-electron chi connectivity index (χ2n) is 6.25. The Kier molecular flexibility index (Phi) is 3.03. The van der Waals surface area contributed by atoms with Crippen molar-refractivity contribution in [2.24, 2.45) is 0 Å². The van der Waals surface area contributed by atoms with Crippen LogP contribution in [0.15, 0.2) is 42.5 Å². The molecule has 0 unspecified atom stereocenters. The van der Waals surface area contributed by atoms with Gasteiger partial charge in [0.05, 0.1) is 17.1 Å². The van der Waals surface area contributed by atoms with Gasteiger partial charge < -0.3 is 5.11 Å². The SMILES string of the molecule is CC1(O)CCC(C#N)(c2ccc3ccccc3c2)CC1. The Balaban J connectivity index is 2.02. The van der Waals surface area contributed by atoms with E-state index >= 15 is 0 Å². The van der Waals surface area contributed by atoms with Gasteiger partial charge in [-0.15, -0.1) is 0 Å². The lowest BCUT2D eigenvalue weighted by atomic mass is 9.66. The molecule has 0 saturated heterocycles. The van der Waals surface area contributed by atoms with Crippen LogP contribution in [0.4, 0.5) is 0 Å². The van der Waals surface area contributed by atoms with Crippen LogP contribution in [0.3, 0.4) is 0 Å². The molecule has 0 spiro atoms. The van der Waals surface area contributed by atoms with Crippen LogP contribution in [-0.4, -0.2) is 10.7 Å². The molecular weight excluding hydrogens is 246 g/mol. The van der Waals surface area contributed by atoms with E-state index in [1.165, 1.54) is 10.8 Å². The summed E-state index contributed by atoms with van der Waals surface area (Å²) < 4.78 is 0. The summed E-state index contributed by atoms with van der Waals surface area (Å²) in [7, 11) is 0. The third-order valence-corrected chi connectivity index (χ3v) is 4.70. The molecule has 3 rings (SSSR count). The first-order chi connectivity index (χ1) is 9.55. The smallest absolute Gasteiger partial charge is 0.0824 e. The molecule has 1 aliphatic carbocycles. The maximum Gasteiger partial charge on any atom is 0.0824 e. The normalized spacial score (nSPS) is 30.1. The fourth-order valence-electron chi connectivity index (χ4n) is 3.17. The first-order valence-electron chi connectivity index (χ1n) is 7.18. The Hall–Kier alpha value is -1.85. The topological polar surface area (TPSA) is 44.0 Å². The molecule has 20 heavy (non-hydrogen) atoms. The van der Waals surface area contributed by atoms with Gasteiger partial charge in [-0.25, -0.2) is 0 Å². The van der Waals surface area contributed by atoms with Crippen molar-refractivity contribution in [3.63, 3.8) is 0 Å². The summed E-state index contributed by atoms with van der Waals surface area (Å²) in [6, 6.07) is 17.1. The molecule has 0 amide bonds. The van der Waals surface area contributed by atoms with E-state index in [1.807, 2.05) is 19.1 Å². The lowest BCUT2D eigenvalue weighted by Gasteiger charge is -2.38. The van der Waals surface area contributed by atoms with Crippen LogP contribution in [0.2, 0.25) is 0 Å². The minimum absolute atomic E-state index is 0.438. The molecule has 1 saturated carbocycles. The molecule has 102 valence electrons. The summed E-state index contributed by atoms with van der Waals surface area (Å²) in [4.78, 5) is 0. The lowest BCUT2D eigenvalue weighted by molar-refractivity contribution is 0.00856. The van der Waals surface area contributed by atoms with E-state index in [2.05, 4.69) is 36.4 Å². The van der Waals surface area contributed by atoms with Crippen molar-refractivity contribution < 1.29 is 5.11 Å². The van der Waals surface area contributed by atoms with Crippen molar-refractivity contribution in [1.82, 2.24) is 0 Å². The van der Waals surface area contributed by atoms with Crippen LogP contribution in [0, 0.1) is 11.3 Å². The second kappa shape index (κ2) is 4.61. The number of benzene rings is 2. The molecule has 0 aromatic heterocycles. The highest BCUT2D eigenvalue weighted by Crippen LogP contribution is 2.43. The monoisotopic (exact) mass is 265 g/mol. The van der Waals surface area contributed by atoms with Gasteiger partial charge in [0.25, 0.3) is 0 Å². The van der Waals surface area contributed by atoms with Crippen molar-refractivity contribution in [3.8, 4) is 6.07 Å². The van der Waals surface area contributed by atoms with Crippen LogP contribution in [0.1, 0.15) is 38.2 Å². The zero-order valence-electron chi connectivity index (χ0n) is 11.8. The van der Waals surface area contributed by atoms with E-state index in [9.17, 15) is 10.4 Å². The molecule has 2 nitrogen and oxygen atoms in total. The van der Waals surface area contributed by atoms with E-state index in [4.69, 9.17) is 0 Å². The number of hydrogen-bond acceptors (Lipinski definition) is 2. The largest absolute Gasteiger partial charge is 0.390 e. The zero-order chi connectivity index (χ0) is 14.2. The van der Waals surface area contributed by atoms with Crippen molar-refractivity contribution >= 4 is 10.8 Å². The van der Waals surface area contributed by atoms with E-state index in [-0.39, 0.29) is 0 Å². The predicted molar refractivity (Wildman–Crippen MR) is 80.3 cm³/mol. The summed E-state index contributed by atoms with van der Waals surface area (Å²) in [6.07, 6.45) is 2.84. The molecule has 2 aromatic carbocycles. The van der Waals surface area contributed by atoms with E-state index in [0.717, 1.165) is 18.4 Å². The quantitative estimate of drug-likeness (QED) is 0.849. The minimum Gasteiger partial charge on any atom is -0.390 e. The van der Waals surface area contributed by atoms with Crippen LogP contribution >= 0.6 is 0 Å². The van der Waals surface area contributed by atoms with Gasteiger partial charge in [-0.1, -0.05) is 36.4 Å². The highest BCUT2D eigenvalue weighted by atomic mass is 16.3. The molecule has 1 aliphatic rings. The second-order valence-corrected chi connectivity index (χ2v) is 6.25. The lowest BCUT2D eigenvalue weighted by Crippen LogP contribution is -2.38. The van der Waals surface area contributed by atoms with E-state index in [1.54, 1.807) is 0 Å². The van der Waals surface area contributed by atoms with Gasteiger partial charge in [-0.2, -0.15) is 5.26 Å². The van der Waals surface area contributed by atoms with Crippen LogP contribution in [0.25, 0.3) is 10.8 Å². The van der Waals surface area contributed by atoms with E-state index < -0.39 is 11.0 Å². The fourth-order valence-corrected chi connectivity index (χ4v) is 3.17. The van der Waals surface area contributed by atoms with Gasteiger partial charge in [0.2, 0.25) is 0 Å². The molecule has 0 atom stereocenters. The molecule has 1 N–H and O–H groups in total. The van der Waals surface area contributed by atoms with Gasteiger partial charge in [-0.3, -0.25) is 0 Å². The Bertz CT molecular complexity index is 671. The first kappa shape index (κ1) is 13.1. The average Bonchev–Trinajstić information content (AvgIpc) is 2.47. The van der Waals surface area contributed by atoms with Gasteiger partial charge in [0.1, 0.15) is 0 Å². The third-order valence-electron chi connectivity index (χ3n) is 4.70. The third kappa shape index (κ3) is 2.19. The maximum absolute atomic E-state index is 10.1. The summed E-state index contributed by atoms with van der Waals surface area (Å²) in [5, 5.41) is 22.2. The van der Waals surface area contributed by atoms with Crippen LogP contribution in [-0.2, 0) is 5.41 Å². The first-order valence-corrected chi connectivity index (χ1v) is 7.18. The van der Waals surface area contributed by atoms with Crippen LogP contribution < -0.4 is 0 Å². The Morgan fingerprint density at radius 3 is 2.30 bits per heavy atom. The maximum atomic E-state index is 10.1. The summed E-state index contributed by atoms with van der Waals surface area (Å²) in [5.41, 5.74) is 0.0397. The number of aliphatic hydroxyl groups is 1. The molecule has 2 aromatic rings. The van der Waals surface area contributed by atoms with Gasteiger partial charge in [0.15, 0.2) is 0 Å². The Morgan fingerprint density at radius 2 is 1.65 bits per heavy atom. The average molecular weight is 265 g/mol. The fraction of sp³-hybridized carbons (Fsp3) is 0.389. The Labute approximate surface area is 119 Å². The predicted octanol–water partition coefficient (Wildman–Crippen LogP) is 3.93. The van der Waals surface area contributed by atoms with E-state index in [0.29, 0.717) is 12.8 Å². The standard InChI is InChI=1S/C18H19NO/c1-17(20)8-10-18(13-19,11-9-17)16-7-6-14-4-2-3-5-15(14)12-16/h2-7,12,20H,8-11H2,1H3. The number of nitrogens with zero attached hydrogens (tertiary/aromatic N) is 1. The molecule has 0 heterocycles. The van der Waals surface area contributed by atoms with Crippen molar-refractivity contribution in [2.75, 3.05) is 0 Å². The van der Waals surface area contributed by atoms with Crippen molar-refractivity contribution in [3.05, 3.63) is 48.0 Å². The highest BCUT2D eigenvalue weighted by molar-refractivity contribution is 5.83. The number of fused-ring (bicyclic) bond motifs is 1. The molecule has 0 radical (unpaired) electrons. The summed E-state index contributed by atoms with van der Waals surface area (Å²) in [6.45, 7) is 1.87. The number of rotatable bonds is 1. The van der Waals surface area contributed by atoms with Gasteiger partial charge in [0, 0.05) is 0 Å². The molecular formula is C18H19NO. The van der Waals surface area contributed by atoms with Crippen molar-refractivity contribution in [2.45, 2.75) is 43.6 Å². The van der Waals surface area contributed by atoms with Gasteiger partial charge in [-0.05, 0) is 55.0 Å². The molecule has 0 bridgehead atoms. The summed E-state index contributed by atoms with van der Waals surface area (Å²) >= 11 is 0. The van der Waals surface area contributed by atoms with Gasteiger partial charge >= 0.3 is 0 Å². The molecule has 2 heteroatoms. The van der Waals surface area contributed by atoms with Crippen LogP contribution in [0.5, 0.6) is 0 Å². The zero-order valence-corrected chi connectivity index (χ0v) is 11.8. The minimum atomic E-state index is -0.614. The summed E-state index contributed by atoms with van der Waals surface area (Å²) in [5.74, 6) is 0. The molecule has 0 aliphatic heterocycles. The Morgan fingerprint density at radius 1 is 1.00 bits per heavy atom. The highest BCUT2D eigenvalue weighted by Gasteiger charge is 2.40. The van der Waals surface area contributed by atoms with Crippen molar-refractivity contribution in [1.29, 1.82) is 5.26 Å². The molecule has 1 fully saturated rings.